The first-order chi connectivity index (χ1) is 11.4. The largest absolute Gasteiger partial charge is 0.332 e. The van der Waals surface area contributed by atoms with Crippen LogP contribution in [0.1, 0.15) is 45.4 Å². The van der Waals surface area contributed by atoms with Crippen molar-refractivity contribution in [2.24, 2.45) is 20.0 Å². The summed E-state index contributed by atoms with van der Waals surface area (Å²) in [7, 11) is 3.18. The van der Waals surface area contributed by atoms with Crippen molar-refractivity contribution in [2.45, 2.75) is 56.2 Å². The number of hydrogen-bond donors (Lipinski definition) is 0. The Labute approximate surface area is 145 Å². The molecule has 0 spiro atoms. The molecule has 1 aliphatic rings. The smallest absolute Gasteiger partial charge is 0.280 e. The van der Waals surface area contributed by atoms with E-state index in [1.807, 2.05) is 0 Å². The average Bonchev–Trinajstić information content (AvgIpc) is 3.03. The summed E-state index contributed by atoms with van der Waals surface area (Å²) in [4.78, 5) is 34.2. The normalized spacial score (nSPS) is 15.7. The van der Waals surface area contributed by atoms with Gasteiger partial charge in [-0.2, -0.15) is 0 Å². The Hall–Kier alpha value is -1.63. The predicted molar refractivity (Wildman–Crippen MR) is 96.7 cm³/mol. The maximum absolute atomic E-state index is 12.7. The molecule has 24 heavy (non-hydrogen) atoms. The minimum atomic E-state index is -0.349. The summed E-state index contributed by atoms with van der Waals surface area (Å²) >= 11 is 1.68. The van der Waals surface area contributed by atoms with Gasteiger partial charge >= 0.3 is 5.69 Å². The van der Waals surface area contributed by atoms with E-state index in [0.29, 0.717) is 28.0 Å². The standard InChI is InChI=1S/C17H24N4O2S/c1-10(2)9-12-18-14-13(16(22)21(4)17(23)20(14)3)15(19-12)24-11-7-5-6-8-11/h10-11H,5-9H2,1-4H3. The van der Waals surface area contributed by atoms with Crippen molar-refractivity contribution < 1.29 is 0 Å². The zero-order valence-corrected chi connectivity index (χ0v) is 15.5. The maximum atomic E-state index is 12.7. The molecule has 2 aromatic heterocycles. The second-order valence-corrected chi connectivity index (χ2v) is 8.26. The van der Waals surface area contributed by atoms with Gasteiger partial charge in [0.05, 0.1) is 0 Å². The highest BCUT2D eigenvalue weighted by atomic mass is 32.2. The summed E-state index contributed by atoms with van der Waals surface area (Å²) in [5.41, 5.74) is -0.197. The van der Waals surface area contributed by atoms with E-state index in [9.17, 15) is 9.59 Å². The summed E-state index contributed by atoms with van der Waals surface area (Å²) in [6, 6.07) is 0. The highest BCUT2D eigenvalue weighted by molar-refractivity contribution is 8.00. The van der Waals surface area contributed by atoms with Gasteiger partial charge in [0, 0.05) is 25.8 Å². The molecular weight excluding hydrogens is 324 g/mol. The van der Waals surface area contributed by atoms with Crippen LogP contribution in [0.5, 0.6) is 0 Å². The van der Waals surface area contributed by atoms with E-state index in [1.54, 1.807) is 18.8 Å². The van der Waals surface area contributed by atoms with Crippen LogP contribution in [0.25, 0.3) is 11.0 Å². The minimum Gasteiger partial charge on any atom is -0.280 e. The number of aryl methyl sites for hydroxylation is 1. The van der Waals surface area contributed by atoms with Crippen molar-refractivity contribution in [3.63, 3.8) is 0 Å². The first-order valence-corrected chi connectivity index (χ1v) is 9.39. The van der Waals surface area contributed by atoms with Crippen LogP contribution in [0.4, 0.5) is 0 Å². The van der Waals surface area contributed by atoms with Gasteiger partial charge in [0.2, 0.25) is 0 Å². The van der Waals surface area contributed by atoms with Crippen LogP contribution >= 0.6 is 11.8 Å². The third-order valence-electron chi connectivity index (χ3n) is 4.48. The molecule has 0 unspecified atom stereocenters. The lowest BCUT2D eigenvalue weighted by molar-refractivity contribution is 0.613. The highest BCUT2D eigenvalue weighted by Crippen LogP contribution is 2.35. The molecule has 1 saturated carbocycles. The quantitative estimate of drug-likeness (QED) is 0.793. The Morgan fingerprint density at radius 3 is 2.42 bits per heavy atom. The molecule has 7 heteroatoms. The molecule has 130 valence electrons. The van der Waals surface area contributed by atoms with Crippen LogP contribution in [0, 0.1) is 5.92 Å². The van der Waals surface area contributed by atoms with Gasteiger partial charge in [-0.25, -0.2) is 14.8 Å². The fraction of sp³-hybridized carbons (Fsp3) is 0.647. The zero-order chi connectivity index (χ0) is 17.4. The summed E-state index contributed by atoms with van der Waals surface area (Å²) < 4.78 is 2.60. The lowest BCUT2D eigenvalue weighted by Crippen LogP contribution is -2.38. The minimum absolute atomic E-state index is 0.301. The van der Waals surface area contributed by atoms with Gasteiger partial charge in [-0.15, -0.1) is 11.8 Å². The van der Waals surface area contributed by atoms with Gasteiger partial charge in [-0.1, -0.05) is 26.7 Å². The molecule has 0 atom stereocenters. The summed E-state index contributed by atoms with van der Waals surface area (Å²) in [6.07, 6.45) is 5.51. The number of fused-ring (bicyclic) bond motifs is 1. The number of hydrogen-bond acceptors (Lipinski definition) is 5. The summed E-state index contributed by atoms with van der Waals surface area (Å²) in [6.45, 7) is 4.22. The zero-order valence-electron chi connectivity index (χ0n) is 14.7. The fourth-order valence-electron chi connectivity index (χ4n) is 3.18. The van der Waals surface area contributed by atoms with Crippen molar-refractivity contribution in [2.75, 3.05) is 0 Å². The number of thioether (sulfide) groups is 1. The summed E-state index contributed by atoms with van der Waals surface area (Å²) in [5, 5.41) is 1.71. The molecule has 0 N–H and O–H groups in total. The number of nitrogens with zero attached hydrogens (tertiary/aromatic N) is 4. The molecule has 3 rings (SSSR count). The fourth-order valence-corrected chi connectivity index (χ4v) is 4.52. The maximum Gasteiger partial charge on any atom is 0.332 e. The molecule has 0 saturated heterocycles. The van der Waals surface area contributed by atoms with Gasteiger partial charge in [0.1, 0.15) is 16.2 Å². The predicted octanol–water partition coefficient (Wildman–Crippen LogP) is 2.26. The van der Waals surface area contributed by atoms with E-state index in [2.05, 4.69) is 18.8 Å². The average molecular weight is 348 g/mol. The van der Waals surface area contributed by atoms with Crippen LogP contribution in [0.2, 0.25) is 0 Å². The monoisotopic (exact) mass is 348 g/mol. The second kappa shape index (κ2) is 6.70. The molecule has 0 amide bonds. The van der Waals surface area contributed by atoms with Crippen molar-refractivity contribution >= 4 is 22.8 Å². The van der Waals surface area contributed by atoms with Crippen LogP contribution < -0.4 is 11.2 Å². The molecule has 2 aromatic rings. The van der Waals surface area contributed by atoms with Crippen LogP contribution in [0.15, 0.2) is 14.6 Å². The molecule has 0 aromatic carbocycles. The van der Waals surface area contributed by atoms with Gasteiger partial charge in [-0.3, -0.25) is 13.9 Å². The Bertz CT molecular complexity index is 879. The molecule has 0 radical (unpaired) electrons. The van der Waals surface area contributed by atoms with Gasteiger partial charge < -0.3 is 0 Å². The Morgan fingerprint density at radius 2 is 1.79 bits per heavy atom. The Morgan fingerprint density at radius 1 is 1.12 bits per heavy atom. The van der Waals surface area contributed by atoms with Crippen molar-refractivity contribution in [1.29, 1.82) is 0 Å². The third kappa shape index (κ3) is 3.14. The Kier molecular flexibility index (Phi) is 4.80. The van der Waals surface area contributed by atoms with E-state index in [0.717, 1.165) is 28.9 Å². The van der Waals surface area contributed by atoms with E-state index >= 15 is 0 Å². The molecule has 2 heterocycles. The van der Waals surface area contributed by atoms with Gasteiger partial charge in [-0.05, 0) is 18.8 Å². The summed E-state index contributed by atoms with van der Waals surface area (Å²) in [5.74, 6) is 1.12. The van der Waals surface area contributed by atoms with Gasteiger partial charge in [0.15, 0.2) is 5.65 Å². The number of rotatable bonds is 4. The SMILES string of the molecule is CC(C)Cc1nc(SC2CCCC2)c2c(=O)n(C)c(=O)n(C)c2n1. The van der Waals surface area contributed by atoms with Crippen LogP contribution in [-0.4, -0.2) is 24.4 Å². The molecule has 1 aliphatic carbocycles. The molecule has 6 nitrogen and oxygen atoms in total. The topological polar surface area (TPSA) is 69.8 Å². The van der Waals surface area contributed by atoms with E-state index in [4.69, 9.17) is 4.98 Å². The lowest BCUT2D eigenvalue weighted by Gasteiger charge is -2.14. The van der Waals surface area contributed by atoms with Gasteiger partial charge in [0.25, 0.3) is 5.56 Å². The van der Waals surface area contributed by atoms with Crippen molar-refractivity contribution in [3.05, 3.63) is 26.7 Å². The molecular formula is C17H24N4O2S. The number of aromatic nitrogens is 4. The van der Waals surface area contributed by atoms with Crippen molar-refractivity contribution in [1.82, 2.24) is 19.1 Å². The second-order valence-electron chi connectivity index (χ2n) is 6.97. The van der Waals surface area contributed by atoms with E-state index in [-0.39, 0.29) is 11.2 Å². The lowest BCUT2D eigenvalue weighted by atomic mass is 10.1. The van der Waals surface area contributed by atoms with Crippen molar-refractivity contribution in [3.8, 4) is 0 Å². The van der Waals surface area contributed by atoms with E-state index in [1.165, 1.54) is 24.5 Å². The van der Waals surface area contributed by atoms with Crippen LogP contribution in [0.3, 0.4) is 0 Å². The van der Waals surface area contributed by atoms with Crippen LogP contribution in [-0.2, 0) is 20.5 Å². The van der Waals surface area contributed by atoms with E-state index < -0.39 is 0 Å². The molecule has 0 aliphatic heterocycles. The Balaban J connectivity index is 2.25. The molecule has 1 fully saturated rings. The third-order valence-corrected chi connectivity index (χ3v) is 5.81. The highest BCUT2D eigenvalue weighted by Gasteiger charge is 2.22. The first-order valence-electron chi connectivity index (χ1n) is 8.51. The first kappa shape index (κ1) is 17.2. The molecule has 0 bridgehead atoms.